The van der Waals surface area contributed by atoms with E-state index >= 15 is 0 Å². The topological polar surface area (TPSA) is 50.3 Å². The first-order valence-electron chi connectivity index (χ1n) is 7.04. The van der Waals surface area contributed by atoms with Crippen LogP contribution >= 0.6 is 0 Å². The zero-order valence-corrected chi connectivity index (χ0v) is 12.6. The summed E-state index contributed by atoms with van der Waals surface area (Å²) in [6.45, 7) is 9.80. The molecule has 0 radical (unpaired) electrons. The Kier molecular flexibility index (Phi) is 7.18. The summed E-state index contributed by atoms with van der Waals surface area (Å²) in [5.74, 6) is 2.68. The number of hydrogen-bond acceptors (Lipinski definition) is 5. The predicted molar refractivity (Wildman–Crippen MR) is 79.9 cm³/mol. The molecule has 19 heavy (non-hydrogen) atoms. The lowest BCUT2D eigenvalue weighted by molar-refractivity contribution is 0.210. The lowest BCUT2D eigenvalue weighted by Crippen LogP contribution is -2.26. The summed E-state index contributed by atoms with van der Waals surface area (Å²) in [4.78, 5) is 11.3. The van der Waals surface area contributed by atoms with Gasteiger partial charge in [-0.2, -0.15) is 0 Å². The third kappa shape index (κ3) is 5.42. The smallest absolute Gasteiger partial charge is 0.134 e. The minimum Gasteiger partial charge on any atom is -0.383 e. The summed E-state index contributed by atoms with van der Waals surface area (Å²) in [6.07, 6.45) is 2.24. The normalized spacial score (nSPS) is 10.5. The van der Waals surface area contributed by atoms with Crippen LogP contribution in [-0.2, 0) is 4.74 Å². The summed E-state index contributed by atoms with van der Waals surface area (Å²) in [5.41, 5.74) is 0. The molecular formula is C14H26N4O. The molecule has 0 aliphatic rings. The van der Waals surface area contributed by atoms with Gasteiger partial charge in [0.1, 0.15) is 17.5 Å². The summed E-state index contributed by atoms with van der Waals surface area (Å²) in [6, 6.07) is 2.02. The first-order valence-corrected chi connectivity index (χ1v) is 7.04. The van der Waals surface area contributed by atoms with Crippen LogP contribution in [0.1, 0.15) is 32.5 Å². The van der Waals surface area contributed by atoms with Gasteiger partial charge in [-0.05, 0) is 19.8 Å². The molecule has 0 spiro atoms. The lowest BCUT2D eigenvalue weighted by Gasteiger charge is -2.23. The van der Waals surface area contributed by atoms with Gasteiger partial charge in [-0.3, -0.25) is 0 Å². The molecule has 5 nitrogen and oxygen atoms in total. The Balaban J connectivity index is 2.80. The van der Waals surface area contributed by atoms with Crippen LogP contribution in [0.25, 0.3) is 0 Å². The van der Waals surface area contributed by atoms with Crippen molar-refractivity contribution in [2.24, 2.45) is 0 Å². The maximum absolute atomic E-state index is 5.03. The summed E-state index contributed by atoms with van der Waals surface area (Å²) in [5, 5.41) is 3.26. The van der Waals surface area contributed by atoms with Crippen LogP contribution in [0.3, 0.4) is 0 Å². The minimum atomic E-state index is 0.673. The first kappa shape index (κ1) is 15.7. The van der Waals surface area contributed by atoms with E-state index in [9.17, 15) is 0 Å². The Morgan fingerprint density at radius 3 is 2.47 bits per heavy atom. The van der Waals surface area contributed by atoms with Crippen LogP contribution < -0.4 is 10.2 Å². The lowest BCUT2D eigenvalue weighted by atomic mass is 10.3. The molecule has 0 amide bonds. The van der Waals surface area contributed by atoms with Crippen molar-refractivity contribution in [2.75, 3.05) is 43.6 Å². The SMILES string of the molecule is CCCN(CCC)c1cc(NCCOC)nc(C)n1. The number of nitrogens with one attached hydrogen (secondary N) is 1. The van der Waals surface area contributed by atoms with Gasteiger partial charge in [0.2, 0.25) is 0 Å². The van der Waals surface area contributed by atoms with Gasteiger partial charge in [-0.15, -0.1) is 0 Å². The van der Waals surface area contributed by atoms with E-state index in [1.165, 1.54) is 0 Å². The van der Waals surface area contributed by atoms with E-state index in [2.05, 4.69) is 34.0 Å². The monoisotopic (exact) mass is 266 g/mol. The summed E-state index contributed by atoms with van der Waals surface area (Å²) >= 11 is 0. The Bertz CT molecular complexity index is 364. The molecule has 0 fully saturated rings. The number of aryl methyl sites for hydroxylation is 1. The Hall–Kier alpha value is -1.36. The molecule has 0 saturated carbocycles. The van der Waals surface area contributed by atoms with Crippen LogP contribution in [-0.4, -0.2) is 43.3 Å². The highest BCUT2D eigenvalue weighted by molar-refractivity contribution is 5.49. The van der Waals surface area contributed by atoms with Gasteiger partial charge in [-0.1, -0.05) is 13.8 Å². The Morgan fingerprint density at radius 1 is 1.21 bits per heavy atom. The van der Waals surface area contributed by atoms with Crippen LogP contribution in [0.4, 0.5) is 11.6 Å². The van der Waals surface area contributed by atoms with Gasteiger partial charge in [0.15, 0.2) is 0 Å². The second kappa shape index (κ2) is 8.69. The number of anilines is 2. The number of rotatable bonds is 9. The highest BCUT2D eigenvalue weighted by Gasteiger charge is 2.09. The molecule has 1 aromatic rings. The quantitative estimate of drug-likeness (QED) is 0.696. The second-order valence-electron chi connectivity index (χ2n) is 4.57. The van der Waals surface area contributed by atoms with E-state index in [0.29, 0.717) is 6.61 Å². The fraction of sp³-hybridized carbons (Fsp3) is 0.714. The highest BCUT2D eigenvalue weighted by Crippen LogP contribution is 2.16. The standard InChI is InChI=1S/C14H26N4O/c1-5-8-18(9-6-2)14-11-13(15-7-10-19-4)16-12(3)17-14/h11H,5-10H2,1-4H3,(H,15,16,17). The van der Waals surface area contributed by atoms with Crippen molar-refractivity contribution in [1.82, 2.24) is 9.97 Å². The van der Waals surface area contributed by atoms with E-state index in [1.807, 2.05) is 13.0 Å². The van der Waals surface area contributed by atoms with E-state index < -0.39 is 0 Å². The molecule has 0 bridgehead atoms. The number of hydrogen-bond donors (Lipinski definition) is 1. The van der Waals surface area contributed by atoms with E-state index in [1.54, 1.807) is 7.11 Å². The molecule has 0 atom stereocenters. The van der Waals surface area contributed by atoms with Crippen LogP contribution in [0, 0.1) is 6.92 Å². The Morgan fingerprint density at radius 2 is 1.89 bits per heavy atom. The molecular weight excluding hydrogens is 240 g/mol. The molecule has 0 aliphatic carbocycles. The molecule has 0 saturated heterocycles. The molecule has 0 aliphatic heterocycles. The van der Waals surface area contributed by atoms with Gasteiger partial charge >= 0.3 is 0 Å². The van der Waals surface area contributed by atoms with E-state index in [0.717, 1.165) is 49.9 Å². The number of ether oxygens (including phenoxy) is 1. The number of nitrogens with zero attached hydrogens (tertiary/aromatic N) is 3. The molecule has 5 heteroatoms. The summed E-state index contributed by atoms with van der Waals surface area (Å²) < 4.78 is 5.03. The van der Waals surface area contributed by atoms with Crippen LogP contribution in [0.5, 0.6) is 0 Å². The zero-order valence-electron chi connectivity index (χ0n) is 12.6. The molecule has 1 N–H and O–H groups in total. The molecule has 1 aromatic heterocycles. The maximum Gasteiger partial charge on any atom is 0.134 e. The molecule has 1 rings (SSSR count). The van der Waals surface area contributed by atoms with E-state index in [-0.39, 0.29) is 0 Å². The second-order valence-corrected chi connectivity index (χ2v) is 4.57. The maximum atomic E-state index is 5.03. The third-order valence-corrected chi connectivity index (χ3v) is 2.75. The minimum absolute atomic E-state index is 0.673. The predicted octanol–water partition coefficient (Wildman–Crippen LogP) is 2.47. The van der Waals surface area contributed by atoms with Gasteiger partial charge in [0, 0.05) is 32.8 Å². The third-order valence-electron chi connectivity index (χ3n) is 2.75. The van der Waals surface area contributed by atoms with Gasteiger partial charge < -0.3 is 15.0 Å². The van der Waals surface area contributed by atoms with Crippen molar-refractivity contribution < 1.29 is 4.74 Å². The van der Waals surface area contributed by atoms with Crippen molar-refractivity contribution in [3.8, 4) is 0 Å². The van der Waals surface area contributed by atoms with E-state index in [4.69, 9.17) is 4.74 Å². The largest absolute Gasteiger partial charge is 0.383 e. The van der Waals surface area contributed by atoms with Gasteiger partial charge in [0.25, 0.3) is 0 Å². The zero-order chi connectivity index (χ0) is 14.1. The molecule has 1 heterocycles. The summed E-state index contributed by atoms with van der Waals surface area (Å²) in [7, 11) is 1.70. The van der Waals surface area contributed by atoms with Crippen molar-refractivity contribution in [1.29, 1.82) is 0 Å². The molecule has 108 valence electrons. The molecule has 0 aromatic carbocycles. The average molecular weight is 266 g/mol. The van der Waals surface area contributed by atoms with Crippen LogP contribution in [0.15, 0.2) is 6.07 Å². The first-order chi connectivity index (χ1) is 9.21. The fourth-order valence-electron chi connectivity index (χ4n) is 1.97. The fourth-order valence-corrected chi connectivity index (χ4v) is 1.97. The number of aromatic nitrogens is 2. The van der Waals surface area contributed by atoms with Crippen molar-refractivity contribution >= 4 is 11.6 Å². The molecule has 0 unspecified atom stereocenters. The Labute approximate surface area is 116 Å². The van der Waals surface area contributed by atoms with Gasteiger partial charge in [-0.25, -0.2) is 9.97 Å². The number of methoxy groups -OCH3 is 1. The van der Waals surface area contributed by atoms with Gasteiger partial charge in [0.05, 0.1) is 6.61 Å². The van der Waals surface area contributed by atoms with Crippen molar-refractivity contribution in [3.63, 3.8) is 0 Å². The van der Waals surface area contributed by atoms with Crippen molar-refractivity contribution in [3.05, 3.63) is 11.9 Å². The average Bonchev–Trinajstić information content (AvgIpc) is 2.38. The van der Waals surface area contributed by atoms with Crippen molar-refractivity contribution in [2.45, 2.75) is 33.6 Å². The highest BCUT2D eigenvalue weighted by atomic mass is 16.5. The van der Waals surface area contributed by atoms with Crippen LogP contribution in [0.2, 0.25) is 0 Å².